The van der Waals surface area contributed by atoms with Gasteiger partial charge in [-0.1, -0.05) is 64.7 Å². The molecule has 1 atom stereocenters. The van der Waals surface area contributed by atoms with Gasteiger partial charge in [-0.15, -0.1) is 0 Å². The molecule has 0 bridgehead atoms. The fourth-order valence-corrected chi connectivity index (χ4v) is 2.63. The van der Waals surface area contributed by atoms with Gasteiger partial charge in [-0.05, 0) is 18.6 Å². The molecule has 0 aromatic carbocycles. The first-order valence-corrected chi connectivity index (χ1v) is 8.61. The second-order valence-corrected chi connectivity index (χ2v) is 5.96. The molecule has 1 heterocycles. The van der Waals surface area contributed by atoms with Crippen LogP contribution in [0, 0.1) is 0 Å². The van der Waals surface area contributed by atoms with E-state index in [1.807, 2.05) is 12.1 Å². The summed E-state index contributed by atoms with van der Waals surface area (Å²) < 4.78 is 10.7. The average Bonchev–Trinajstić information content (AvgIpc) is 2.94. The maximum atomic E-state index is 6.17. The van der Waals surface area contributed by atoms with Gasteiger partial charge < -0.3 is 14.9 Å². The van der Waals surface area contributed by atoms with E-state index in [0.717, 1.165) is 17.9 Å². The van der Waals surface area contributed by atoms with Gasteiger partial charge in [-0.3, -0.25) is 0 Å². The zero-order chi connectivity index (χ0) is 15.3. The molecule has 0 aliphatic carbocycles. The molecule has 0 aliphatic rings. The molecule has 0 aliphatic heterocycles. The van der Waals surface area contributed by atoms with Crippen LogP contribution in [0.15, 0.2) is 16.5 Å². The van der Waals surface area contributed by atoms with Gasteiger partial charge in [0, 0.05) is 7.11 Å². The van der Waals surface area contributed by atoms with Crippen molar-refractivity contribution >= 4 is 0 Å². The van der Waals surface area contributed by atoms with E-state index in [2.05, 4.69) is 6.92 Å². The second kappa shape index (κ2) is 11.8. The molecular formula is C18H33NO2. The average molecular weight is 295 g/mol. The summed E-state index contributed by atoms with van der Waals surface area (Å²) in [5.74, 6) is 1.75. The molecule has 2 N–H and O–H groups in total. The maximum absolute atomic E-state index is 6.17. The Balaban J connectivity index is 2.01. The number of nitrogens with two attached hydrogens (primary N) is 1. The molecule has 0 spiro atoms. The van der Waals surface area contributed by atoms with Crippen LogP contribution < -0.4 is 5.73 Å². The van der Waals surface area contributed by atoms with Crippen LogP contribution in [-0.2, 0) is 11.3 Å². The van der Waals surface area contributed by atoms with Crippen LogP contribution in [0.2, 0.25) is 0 Å². The number of hydrogen-bond donors (Lipinski definition) is 1. The van der Waals surface area contributed by atoms with E-state index in [4.69, 9.17) is 14.9 Å². The Morgan fingerprint density at radius 1 is 1.00 bits per heavy atom. The molecular weight excluding hydrogens is 262 g/mol. The van der Waals surface area contributed by atoms with Crippen molar-refractivity contribution in [2.75, 3.05) is 7.11 Å². The summed E-state index contributed by atoms with van der Waals surface area (Å²) in [6.07, 6.45) is 13.1. The largest absolute Gasteiger partial charge is 0.462 e. The molecule has 1 aromatic heterocycles. The third-order valence-electron chi connectivity index (χ3n) is 3.95. The van der Waals surface area contributed by atoms with Gasteiger partial charge in [-0.25, -0.2) is 0 Å². The van der Waals surface area contributed by atoms with Gasteiger partial charge in [0.2, 0.25) is 0 Å². The Morgan fingerprint density at radius 2 is 1.62 bits per heavy atom. The Bertz CT molecular complexity index is 349. The van der Waals surface area contributed by atoms with E-state index < -0.39 is 0 Å². The topological polar surface area (TPSA) is 48.4 Å². The number of ether oxygens (including phenoxy) is 1. The van der Waals surface area contributed by atoms with Crippen LogP contribution in [0.1, 0.15) is 88.7 Å². The van der Waals surface area contributed by atoms with Crippen molar-refractivity contribution < 1.29 is 9.15 Å². The smallest absolute Gasteiger partial charge is 0.129 e. The van der Waals surface area contributed by atoms with Crippen molar-refractivity contribution in [2.45, 2.75) is 83.8 Å². The quantitative estimate of drug-likeness (QED) is 0.499. The third-order valence-corrected chi connectivity index (χ3v) is 3.95. The van der Waals surface area contributed by atoms with Crippen LogP contribution in [0.3, 0.4) is 0 Å². The molecule has 1 unspecified atom stereocenters. The maximum Gasteiger partial charge on any atom is 0.129 e. The lowest BCUT2D eigenvalue weighted by Crippen LogP contribution is -2.09. The van der Waals surface area contributed by atoms with E-state index in [1.165, 1.54) is 57.8 Å². The molecule has 0 radical (unpaired) electrons. The standard InChI is InChI=1S/C18H33NO2/c1-3-4-5-6-7-8-9-10-11-12-17(19)18-14-13-16(21-18)15-20-2/h13-14,17H,3-12,15,19H2,1-2H3. The first kappa shape index (κ1) is 18.2. The summed E-state index contributed by atoms with van der Waals surface area (Å²) >= 11 is 0. The van der Waals surface area contributed by atoms with Crippen LogP contribution >= 0.6 is 0 Å². The highest BCUT2D eigenvalue weighted by Crippen LogP contribution is 2.21. The van der Waals surface area contributed by atoms with Crippen molar-refractivity contribution in [3.05, 3.63) is 23.7 Å². The lowest BCUT2D eigenvalue weighted by molar-refractivity contribution is 0.161. The fraction of sp³-hybridized carbons (Fsp3) is 0.778. The molecule has 0 saturated carbocycles. The van der Waals surface area contributed by atoms with E-state index >= 15 is 0 Å². The number of rotatable bonds is 13. The van der Waals surface area contributed by atoms with Crippen molar-refractivity contribution in [3.8, 4) is 0 Å². The van der Waals surface area contributed by atoms with Crippen molar-refractivity contribution in [1.82, 2.24) is 0 Å². The summed E-state index contributed by atoms with van der Waals surface area (Å²) in [4.78, 5) is 0. The first-order chi connectivity index (χ1) is 10.3. The molecule has 1 aromatic rings. The molecule has 0 saturated heterocycles. The van der Waals surface area contributed by atoms with E-state index in [-0.39, 0.29) is 6.04 Å². The Hall–Kier alpha value is -0.800. The summed E-state index contributed by atoms with van der Waals surface area (Å²) in [6, 6.07) is 3.96. The summed E-state index contributed by atoms with van der Waals surface area (Å²) in [7, 11) is 1.67. The lowest BCUT2D eigenvalue weighted by Gasteiger charge is -2.08. The second-order valence-electron chi connectivity index (χ2n) is 5.96. The molecule has 21 heavy (non-hydrogen) atoms. The van der Waals surface area contributed by atoms with Gasteiger partial charge >= 0.3 is 0 Å². The molecule has 1 rings (SSSR count). The van der Waals surface area contributed by atoms with Crippen LogP contribution in [0.25, 0.3) is 0 Å². The summed E-state index contributed by atoms with van der Waals surface area (Å²) in [5, 5.41) is 0. The zero-order valence-electron chi connectivity index (χ0n) is 13.9. The number of furan rings is 1. The molecule has 122 valence electrons. The molecule has 3 heteroatoms. The van der Waals surface area contributed by atoms with E-state index in [0.29, 0.717) is 6.61 Å². The van der Waals surface area contributed by atoms with Gasteiger partial charge in [-0.2, -0.15) is 0 Å². The predicted octanol–water partition coefficient (Wildman–Crippen LogP) is 5.35. The van der Waals surface area contributed by atoms with Crippen molar-refractivity contribution in [2.24, 2.45) is 5.73 Å². The van der Waals surface area contributed by atoms with E-state index in [9.17, 15) is 0 Å². The monoisotopic (exact) mass is 295 g/mol. The van der Waals surface area contributed by atoms with Gasteiger partial charge in [0.05, 0.1) is 6.04 Å². The number of hydrogen-bond acceptors (Lipinski definition) is 3. The Kier molecular flexibility index (Phi) is 10.3. The van der Waals surface area contributed by atoms with Gasteiger partial charge in [0.15, 0.2) is 0 Å². The first-order valence-electron chi connectivity index (χ1n) is 8.61. The molecule has 0 amide bonds. The van der Waals surface area contributed by atoms with Gasteiger partial charge in [0.25, 0.3) is 0 Å². The zero-order valence-corrected chi connectivity index (χ0v) is 13.9. The normalized spacial score (nSPS) is 12.7. The van der Waals surface area contributed by atoms with Crippen LogP contribution in [0.4, 0.5) is 0 Å². The van der Waals surface area contributed by atoms with Gasteiger partial charge in [0.1, 0.15) is 18.1 Å². The summed E-state index contributed by atoms with van der Waals surface area (Å²) in [6.45, 7) is 2.78. The van der Waals surface area contributed by atoms with Crippen molar-refractivity contribution in [1.29, 1.82) is 0 Å². The predicted molar refractivity (Wildman–Crippen MR) is 88.2 cm³/mol. The molecule has 0 fully saturated rings. The minimum Gasteiger partial charge on any atom is -0.462 e. The SMILES string of the molecule is CCCCCCCCCCCC(N)c1ccc(COC)o1. The Labute approximate surface area is 130 Å². The highest BCUT2D eigenvalue weighted by Gasteiger charge is 2.10. The minimum atomic E-state index is 0.0279. The van der Waals surface area contributed by atoms with Crippen molar-refractivity contribution in [3.63, 3.8) is 0 Å². The third kappa shape index (κ3) is 8.27. The Morgan fingerprint density at radius 3 is 2.24 bits per heavy atom. The van der Waals surface area contributed by atoms with E-state index in [1.54, 1.807) is 7.11 Å². The highest BCUT2D eigenvalue weighted by molar-refractivity contribution is 5.09. The number of unbranched alkanes of at least 4 members (excludes halogenated alkanes) is 8. The fourth-order valence-electron chi connectivity index (χ4n) is 2.63. The highest BCUT2D eigenvalue weighted by atomic mass is 16.5. The molecule has 3 nitrogen and oxygen atoms in total. The summed E-state index contributed by atoms with van der Waals surface area (Å²) in [5.41, 5.74) is 6.17. The number of methoxy groups -OCH3 is 1. The lowest BCUT2D eigenvalue weighted by atomic mass is 10.0. The van der Waals surface area contributed by atoms with Crippen LogP contribution in [0.5, 0.6) is 0 Å². The van der Waals surface area contributed by atoms with Crippen LogP contribution in [-0.4, -0.2) is 7.11 Å². The minimum absolute atomic E-state index is 0.0279.